The first-order valence-electron chi connectivity index (χ1n) is 9.00. The predicted octanol–water partition coefficient (Wildman–Crippen LogP) is 5.41. The number of ether oxygens (including phenoxy) is 1. The number of rotatable bonds is 6. The predicted molar refractivity (Wildman–Crippen MR) is 120 cm³/mol. The lowest BCUT2D eigenvalue weighted by atomic mass is 10.1. The van der Waals surface area contributed by atoms with E-state index >= 15 is 0 Å². The van der Waals surface area contributed by atoms with Gasteiger partial charge in [-0.15, -0.1) is 11.3 Å². The molecule has 0 atom stereocenters. The second-order valence-electron chi connectivity index (χ2n) is 6.44. The number of amides is 1. The highest BCUT2D eigenvalue weighted by atomic mass is 32.2. The second-order valence-corrected chi connectivity index (χ2v) is 8.26. The molecule has 0 fully saturated rings. The number of aromatic nitrogens is 2. The number of anilines is 1. The minimum Gasteiger partial charge on any atom is -0.497 e. The molecule has 1 amide bonds. The largest absolute Gasteiger partial charge is 0.497 e. The third kappa shape index (κ3) is 4.41. The summed E-state index contributed by atoms with van der Waals surface area (Å²) in [5.41, 5.74) is 4.08. The van der Waals surface area contributed by atoms with E-state index in [-0.39, 0.29) is 11.7 Å². The van der Waals surface area contributed by atoms with E-state index in [1.807, 2.05) is 55.5 Å². The summed E-state index contributed by atoms with van der Waals surface area (Å²) in [6.07, 6.45) is 1.55. The van der Waals surface area contributed by atoms with Crippen molar-refractivity contribution in [3.05, 3.63) is 65.8 Å². The molecule has 7 heteroatoms. The lowest BCUT2D eigenvalue weighted by Crippen LogP contribution is -2.14. The number of thioether (sulfide) groups is 1. The van der Waals surface area contributed by atoms with E-state index < -0.39 is 0 Å². The number of methoxy groups -OCH3 is 1. The van der Waals surface area contributed by atoms with Gasteiger partial charge in [-0.2, -0.15) is 0 Å². The van der Waals surface area contributed by atoms with Crippen LogP contribution in [-0.4, -0.2) is 28.7 Å². The lowest BCUT2D eigenvalue weighted by Gasteiger charge is -2.07. The first kappa shape index (κ1) is 19.4. The van der Waals surface area contributed by atoms with Gasteiger partial charge in [-0.1, -0.05) is 41.6 Å². The van der Waals surface area contributed by atoms with Gasteiger partial charge in [0.2, 0.25) is 5.91 Å². The van der Waals surface area contributed by atoms with Crippen molar-refractivity contribution < 1.29 is 9.53 Å². The van der Waals surface area contributed by atoms with Crippen molar-refractivity contribution in [2.24, 2.45) is 0 Å². The van der Waals surface area contributed by atoms with E-state index in [9.17, 15) is 4.79 Å². The Kier molecular flexibility index (Phi) is 5.78. The number of benzene rings is 2. The van der Waals surface area contributed by atoms with Crippen LogP contribution in [-0.2, 0) is 4.79 Å². The number of hydrogen-bond acceptors (Lipinski definition) is 6. The van der Waals surface area contributed by atoms with Crippen molar-refractivity contribution in [3.63, 3.8) is 0 Å². The molecule has 0 spiro atoms. The monoisotopic (exact) mass is 421 g/mol. The van der Waals surface area contributed by atoms with Gasteiger partial charge in [0, 0.05) is 16.6 Å². The van der Waals surface area contributed by atoms with Crippen LogP contribution in [0.2, 0.25) is 0 Å². The highest BCUT2D eigenvalue weighted by molar-refractivity contribution is 8.00. The van der Waals surface area contributed by atoms with Crippen LogP contribution < -0.4 is 10.1 Å². The van der Waals surface area contributed by atoms with Crippen molar-refractivity contribution in [3.8, 4) is 16.9 Å². The summed E-state index contributed by atoms with van der Waals surface area (Å²) in [5.74, 6) is 1.02. The van der Waals surface area contributed by atoms with E-state index in [2.05, 4.69) is 20.7 Å². The quantitative estimate of drug-likeness (QED) is 0.333. The van der Waals surface area contributed by atoms with Crippen LogP contribution in [0.5, 0.6) is 5.75 Å². The fourth-order valence-corrected chi connectivity index (χ4v) is 4.70. The Hall–Kier alpha value is -2.90. The van der Waals surface area contributed by atoms with E-state index in [1.165, 1.54) is 11.8 Å². The number of aryl methyl sites for hydroxylation is 1. The highest BCUT2D eigenvalue weighted by Gasteiger charge is 2.15. The summed E-state index contributed by atoms with van der Waals surface area (Å²) in [6.45, 7) is 2.02. The van der Waals surface area contributed by atoms with Gasteiger partial charge in [0.25, 0.3) is 0 Å². The maximum atomic E-state index is 12.4. The van der Waals surface area contributed by atoms with Gasteiger partial charge in [0.15, 0.2) is 0 Å². The molecule has 0 unspecified atom stereocenters. The standard InChI is InChI=1S/C22H19N3O2S2/c1-14-3-7-16(8-4-14)25-19(26)12-29-22-20-18(11-28-21(20)23-13-24-22)15-5-9-17(27-2)10-6-15/h3-11,13H,12H2,1-2H3,(H,25,26). The van der Waals surface area contributed by atoms with Gasteiger partial charge in [-0.05, 0) is 36.8 Å². The van der Waals surface area contributed by atoms with Crippen LogP contribution in [0.25, 0.3) is 21.3 Å². The molecule has 5 nitrogen and oxygen atoms in total. The van der Waals surface area contributed by atoms with Crippen LogP contribution in [0, 0.1) is 6.92 Å². The highest BCUT2D eigenvalue weighted by Crippen LogP contribution is 2.38. The fraction of sp³-hybridized carbons (Fsp3) is 0.136. The molecular weight excluding hydrogens is 402 g/mol. The number of thiophene rings is 1. The zero-order chi connectivity index (χ0) is 20.2. The zero-order valence-corrected chi connectivity index (χ0v) is 17.6. The van der Waals surface area contributed by atoms with Gasteiger partial charge in [-0.25, -0.2) is 9.97 Å². The number of hydrogen-bond donors (Lipinski definition) is 1. The Bertz CT molecular complexity index is 1140. The van der Waals surface area contributed by atoms with Crippen LogP contribution in [0.3, 0.4) is 0 Å². The molecule has 0 saturated heterocycles. The molecule has 4 rings (SSSR count). The molecule has 4 aromatic rings. The number of nitrogens with zero attached hydrogens (tertiary/aromatic N) is 2. The lowest BCUT2D eigenvalue weighted by molar-refractivity contribution is -0.113. The van der Waals surface area contributed by atoms with Gasteiger partial charge >= 0.3 is 0 Å². The van der Waals surface area contributed by atoms with Crippen molar-refractivity contribution >= 4 is 44.9 Å². The molecule has 2 heterocycles. The molecule has 1 N–H and O–H groups in total. The van der Waals surface area contributed by atoms with Crippen LogP contribution in [0.1, 0.15) is 5.56 Å². The summed E-state index contributed by atoms with van der Waals surface area (Å²) in [7, 11) is 1.65. The van der Waals surface area contributed by atoms with Gasteiger partial charge in [0.1, 0.15) is 21.9 Å². The molecule has 0 aliphatic rings. The normalized spacial score (nSPS) is 10.8. The molecule has 2 aromatic carbocycles. The van der Waals surface area contributed by atoms with Crippen LogP contribution in [0.4, 0.5) is 5.69 Å². The first-order valence-corrected chi connectivity index (χ1v) is 10.9. The summed E-state index contributed by atoms with van der Waals surface area (Å²) in [4.78, 5) is 22.1. The van der Waals surface area contributed by atoms with E-state index in [0.717, 1.165) is 43.4 Å². The Labute approximate surface area is 177 Å². The number of nitrogens with one attached hydrogen (secondary N) is 1. The summed E-state index contributed by atoms with van der Waals surface area (Å²) in [5, 5.41) is 6.80. The number of carbonyl (C=O) groups is 1. The average molecular weight is 422 g/mol. The SMILES string of the molecule is COc1ccc(-c2csc3ncnc(SCC(=O)Nc4ccc(C)cc4)c23)cc1. The Balaban J connectivity index is 1.54. The van der Waals surface area contributed by atoms with Crippen LogP contribution in [0.15, 0.2) is 65.3 Å². The third-order valence-corrected chi connectivity index (χ3v) is 6.29. The molecule has 0 saturated carbocycles. The van der Waals surface area contributed by atoms with Gasteiger partial charge < -0.3 is 10.1 Å². The summed E-state index contributed by atoms with van der Waals surface area (Å²) >= 11 is 3.00. The average Bonchev–Trinajstić information content (AvgIpc) is 3.19. The molecule has 0 aliphatic carbocycles. The molecule has 2 aromatic heterocycles. The minimum absolute atomic E-state index is 0.0631. The molecule has 0 aliphatic heterocycles. The van der Waals surface area contributed by atoms with Crippen molar-refractivity contribution in [1.82, 2.24) is 9.97 Å². The van der Waals surface area contributed by atoms with E-state index in [1.54, 1.807) is 24.8 Å². The van der Waals surface area contributed by atoms with Crippen LogP contribution >= 0.6 is 23.1 Å². The maximum absolute atomic E-state index is 12.4. The zero-order valence-electron chi connectivity index (χ0n) is 16.0. The fourth-order valence-electron chi connectivity index (χ4n) is 2.91. The molecular formula is C22H19N3O2S2. The van der Waals surface area contributed by atoms with Crippen molar-refractivity contribution in [2.75, 3.05) is 18.2 Å². The number of carbonyl (C=O) groups excluding carboxylic acids is 1. The summed E-state index contributed by atoms with van der Waals surface area (Å²) in [6, 6.07) is 15.7. The molecule has 0 radical (unpaired) electrons. The molecule has 29 heavy (non-hydrogen) atoms. The van der Waals surface area contributed by atoms with E-state index in [0.29, 0.717) is 0 Å². The number of fused-ring (bicyclic) bond motifs is 1. The van der Waals surface area contributed by atoms with E-state index in [4.69, 9.17) is 4.74 Å². The minimum atomic E-state index is -0.0631. The van der Waals surface area contributed by atoms with Crippen molar-refractivity contribution in [1.29, 1.82) is 0 Å². The Morgan fingerprint density at radius 2 is 1.86 bits per heavy atom. The smallest absolute Gasteiger partial charge is 0.234 e. The molecule has 146 valence electrons. The third-order valence-electron chi connectivity index (χ3n) is 4.41. The maximum Gasteiger partial charge on any atom is 0.234 e. The van der Waals surface area contributed by atoms with Gasteiger partial charge in [0.05, 0.1) is 18.2 Å². The first-order chi connectivity index (χ1) is 14.1. The summed E-state index contributed by atoms with van der Waals surface area (Å²) < 4.78 is 5.25. The Morgan fingerprint density at radius 3 is 2.59 bits per heavy atom. The second kappa shape index (κ2) is 8.63. The topological polar surface area (TPSA) is 64.1 Å². The van der Waals surface area contributed by atoms with Gasteiger partial charge in [-0.3, -0.25) is 4.79 Å². The molecule has 0 bridgehead atoms. The van der Waals surface area contributed by atoms with Crippen molar-refractivity contribution in [2.45, 2.75) is 11.9 Å². The Morgan fingerprint density at radius 1 is 1.10 bits per heavy atom.